The highest BCUT2D eigenvalue weighted by Crippen LogP contribution is 2.23. The molecule has 0 fully saturated rings. The van der Waals surface area contributed by atoms with Crippen LogP contribution in [0.4, 0.5) is 0 Å². The maximum Gasteiger partial charge on any atom is 0.125 e. The molecule has 3 rings (SSSR count). The summed E-state index contributed by atoms with van der Waals surface area (Å²) in [6.45, 7) is 12.4. The Hall–Kier alpha value is -2.29. The first-order chi connectivity index (χ1) is 12.0. The van der Waals surface area contributed by atoms with Gasteiger partial charge >= 0.3 is 0 Å². The van der Waals surface area contributed by atoms with Gasteiger partial charge in [0.1, 0.15) is 11.6 Å². The fraction of sp³-hybridized carbons (Fsp3) is 0.409. The molecule has 0 aliphatic rings. The maximum absolute atomic E-state index is 6.01. The fourth-order valence-corrected chi connectivity index (χ4v) is 3.36. The van der Waals surface area contributed by atoms with Gasteiger partial charge in [0.2, 0.25) is 0 Å². The van der Waals surface area contributed by atoms with Crippen molar-refractivity contribution < 1.29 is 4.74 Å². The molecule has 1 aromatic heterocycles. The smallest absolute Gasteiger partial charge is 0.125 e. The van der Waals surface area contributed by atoms with Gasteiger partial charge in [0.25, 0.3) is 0 Å². The normalized spacial score (nSPS) is 11.2. The average Bonchev–Trinajstić information content (AvgIpc) is 2.85. The summed E-state index contributed by atoms with van der Waals surface area (Å²) < 4.78 is 8.35. The van der Waals surface area contributed by atoms with Crippen LogP contribution >= 0.6 is 0 Å². The van der Waals surface area contributed by atoms with E-state index >= 15 is 0 Å². The minimum absolute atomic E-state index is 0.759. The quantitative estimate of drug-likeness (QED) is 0.561. The summed E-state index contributed by atoms with van der Waals surface area (Å²) in [6.07, 6.45) is 2.13. The number of aromatic nitrogens is 2. The third kappa shape index (κ3) is 3.71. The molecule has 0 atom stereocenters. The maximum atomic E-state index is 6.01. The summed E-state index contributed by atoms with van der Waals surface area (Å²) in [7, 11) is 0. The number of hydrogen-bond acceptors (Lipinski definition) is 2. The molecule has 1 heterocycles. The molecule has 25 heavy (non-hydrogen) atoms. The Bertz CT molecular complexity index is 872. The minimum Gasteiger partial charge on any atom is -0.493 e. The van der Waals surface area contributed by atoms with Crippen LogP contribution in [0.25, 0.3) is 11.0 Å². The number of nitrogens with zero attached hydrogens (tertiary/aromatic N) is 2. The van der Waals surface area contributed by atoms with Crippen molar-refractivity contribution in [3.05, 3.63) is 58.4 Å². The average molecular weight is 336 g/mol. The Balaban J connectivity index is 1.60. The molecule has 3 aromatic rings. The monoisotopic (exact) mass is 336 g/mol. The van der Waals surface area contributed by atoms with Gasteiger partial charge in [0, 0.05) is 6.54 Å². The van der Waals surface area contributed by atoms with E-state index in [0.29, 0.717) is 0 Å². The van der Waals surface area contributed by atoms with Crippen LogP contribution in [0.1, 0.15) is 40.9 Å². The van der Waals surface area contributed by atoms with E-state index in [9.17, 15) is 0 Å². The highest BCUT2D eigenvalue weighted by Gasteiger charge is 2.09. The van der Waals surface area contributed by atoms with Crippen molar-refractivity contribution >= 4 is 11.0 Å². The van der Waals surface area contributed by atoms with Crippen molar-refractivity contribution in [3.8, 4) is 5.75 Å². The second-order valence-corrected chi connectivity index (χ2v) is 7.01. The summed E-state index contributed by atoms with van der Waals surface area (Å²) >= 11 is 0. The molecule has 0 radical (unpaired) electrons. The number of aryl methyl sites for hydroxylation is 6. The highest BCUT2D eigenvalue weighted by molar-refractivity contribution is 5.78. The molecule has 2 aromatic carbocycles. The molecule has 0 saturated carbocycles. The molecule has 132 valence electrons. The van der Waals surface area contributed by atoms with Gasteiger partial charge in [0.05, 0.1) is 17.6 Å². The van der Waals surface area contributed by atoms with E-state index < -0.39 is 0 Å². The van der Waals surface area contributed by atoms with Gasteiger partial charge in [-0.1, -0.05) is 18.2 Å². The van der Waals surface area contributed by atoms with E-state index in [1.54, 1.807) is 0 Å². The number of benzene rings is 2. The number of hydrogen-bond donors (Lipinski definition) is 0. The lowest BCUT2D eigenvalue weighted by Gasteiger charge is -2.12. The van der Waals surface area contributed by atoms with Gasteiger partial charge in [-0.15, -0.1) is 0 Å². The minimum atomic E-state index is 0.759. The zero-order valence-electron chi connectivity index (χ0n) is 16.0. The number of unbranched alkanes of at least 4 members (excludes halogenated alkanes) is 1. The van der Waals surface area contributed by atoms with Crippen LogP contribution in [0, 0.1) is 34.6 Å². The second-order valence-electron chi connectivity index (χ2n) is 7.01. The molecule has 0 spiro atoms. The van der Waals surface area contributed by atoms with Crippen molar-refractivity contribution in [1.29, 1.82) is 0 Å². The van der Waals surface area contributed by atoms with Crippen molar-refractivity contribution in [1.82, 2.24) is 9.55 Å². The highest BCUT2D eigenvalue weighted by atomic mass is 16.5. The lowest BCUT2D eigenvalue weighted by Crippen LogP contribution is -2.05. The zero-order valence-corrected chi connectivity index (χ0v) is 16.0. The van der Waals surface area contributed by atoms with Crippen molar-refractivity contribution in [2.45, 2.75) is 54.0 Å². The van der Waals surface area contributed by atoms with E-state index in [-0.39, 0.29) is 0 Å². The molecule has 0 aliphatic heterocycles. The van der Waals surface area contributed by atoms with E-state index in [2.05, 4.69) is 69.5 Å². The van der Waals surface area contributed by atoms with Crippen LogP contribution in [-0.2, 0) is 6.54 Å². The summed E-state index contributed by atoms with van der Waals surface area (Å²) in [6, 6.07) is 10.7. The van der Waals surface area contributed by atoms with Gasteiger partial charge in [-0.3, -0.25) is 0 Å². The first kappa shape index (κ1) is 17.5. The lowest BCUT2D eigenvalue weighted by molar-refractivity contribution is 0.299. The largest absolute Gasteiger partial charge is 0.493 e. The van der Waals surface area contributed by atoms with Crippen LogP contribution in [0.15, 0.2) is 30.3 Å². The predicted molar refractivity (Wildman–Crippen MR) is 105 cm³/mol. The number of ether oxygens (including phenoxy) is 1. The number of rotatable bonds is 6. The van der Waals surface area contributed by atoms with Crippen molar-refractivity contribution in [2.24, 2.45) is 0 Å². The summed E-state index contributed by atoms with van der Waals surface area (Å²) in [4.78, 5) is 4.72. The van der Waals surface area contributed by atoms with E-state index in [1.165, 1.54) is 27.8 Å². The molecule has 0 saturated heterocycles. The van der Waals surface area contributed by atoms with Crippen LogP contribution in [0.3, 0.4) is 0 Å². The Labute approximate surface area is 150 Å². The third-order valence-electron chi connectivity index (χ3n) is 4.99. The second kappa shape index (κ2) is 7.30. The molecule has 0 unspecified atom stereocenters. The number of fused-ring (bicyclic) bond motifs is 1. The van der Waals surface area contributed by atoms with Crippen LogP contribution in [-0.4, -0.2) is 16.2 Å². The third-order valence-corrected chi connectivity index (χ3v) is 4.99. The van der Waals surface area contributed by atoms with Gasteiger partial charge in [-0.05, 0) is 81.8 Å². The molecule has 0 aliphatic carbocycles. The zero-order chi connectivity index (χ0) is 18.0. The van der Waals surface area contributed by atoms with Gasteiger partial charge in [0.15, 0.2) is 0 Å². The number of para-hydroxylation sites is 1. The lowest BCUT2D eigenvalue weighted by atomic mass is 10.1. The first-order valence-corrected chi connectivity index (χ1v) is 9.10. The summed E-state index contributed by atoms with van der Waals surface area (Å²) in [5.41, 5.74) is 7.40. The van der Waals surface area contributed by atoms with Gasteiger partial charge in [-0.25, -0.2) is 4.98 Å². The molecular formula is C22H28N2O. The Morgan fingerprint density at radius 3 is 2.28 bits per heavy atom. The predicted octanol–water partition coefficient (Wildman–Crippen LogP) is 5.44. The first-order valence-electron chi connectivity index (χ1n) is 9.10. The van der Waals surface area contributed by atoms with E-state index in [0.717, 1.165) is 43.1 Å². The van der Waals surface area contributed by atoms with Crippen LogP contribution in [0.2, 0.25) is 0 Å². The molecular weight excluding hydrogens is 308 g/mol. The number of imidazole rings is 1. The molecule has 0 amide bonds. The van der Waals surface area contributed by atoms with E-state index in [4.69, 9.17) is 9.72 Å². The van der Waals surface area contributed by atoms with Crippen LogP contribution in [0.5, 0.6) is 5.75 Å². The van der Waals surface area contributed by atoms with Gasteiger partial charge < -0.3 is 9.30 Å². The van der Waals surface area contributed by atoms with Crippen LogP contribution < -0.4 is 4.74 Å². The fourth-order valence-electron chi connectivity index (χ4n) is 3.36. The standard InChI is InChI=1S/C22H28N2O/c1-15-9-8-10-16(2)22(15)25-12-7-6-11-24-19(5)23-20-13-17(3)18(4)14-21(20)24/h8-10,13-14H,6-7,11-12H2,1-5H3. The molecule has 3 nitrogen and oxygen atoms in total. The summed E-state index contributed by atoms with van der Waals surface area (Å²) in [5, 5.41) is 0. The molecule has 3 heteroatoms. The van der Waals surface area contributed by atoms with Gasteiger partial charge in [-0.2, -0.15) is 0 Å². The molecule has 0 N–H and O–H groups in total. The SMILES string of the molecule is Cc1cc2nc(C)n(CCCCOc3c(C)cccc3C)c2cc1C. The topological polar surface area (TPSA) is 27.1 Å². The Kier molecular flexibility index (Phi) is 5.12. The Morgan fingerprint density at radius 1 is 0.880 bits per heavy atom. The molecule has 0 bridgehead atoms. The van der Waals surface area contributed by atoms with Crippen molar-refractivity contribution in [3.63, 3.8) is 0 Å². The Morgan fingerprint density at radius 2 is 1.56 bits per heavy atom. The summed E-state index contributed by atoms with van der Waals surface area (Å²) in [5.74, 6) is 2.13. The van der Waals surface area contributed by atoms with Crippen molar-refractivity contribution in [2.75, 3.05) is 6.61 Å². The van der Waals surface area contributed by atoms with E-state index in [1.807, 2.05) is 0 Å².